The minimum absolute atomic E-state index is 0.00670. The number of halogens is 2. The summed E-state index contributed by atoms with van der Waals surface area (Å²) in [4.78, 5) is 23.4. The van der Waals surface area contributed by atoms with Gasteiger partial charge in [0.15, 0.2) is 0 Å². The highest BCUT2D eigenvalue weighted by Crippen LogP contribution is 2.28. The summed E-state index contributed by atoms with van der Waals surface area (Å²) in [6, 6.07) is 9.39. The van der Waals surface area contributed by atoms with Crippen LogP contribution in [0.5, 0.6) is 0 Å². The quantitative estimate of drug-likeness (QED) is 0.668. The van der Waals surface area contributed by atoms with Gasteiger partial charge in [-0.1, -0.05) is 6.07 Å². The van der Waals surface area contributed by atoms with Crippen molar-refractivity contribution in [2.75, 3.05) is 11.1 Å². The predicted octanol–water partition coefficient (Wildman–Crippen LogP) is 3.74. The summed E-state index contributed by atoms with van der Waals surface area (Å²) in [5.74, 6) is -1.55. The monoisotopic (exact) mass is 412 g/mol. The lowest BCUT2D eigenvalue weighted by atomic mass is 10.1. The normalized spacial score (nSPS) is 10.2. The summed E-state index contributed by atoms with van der Waals surface area (Å²) < 4.78 is 1.09. The van der Waals surface area contributed by atoms with Crippen LogP contribution < -0.4 is 11.1 Å². The van der Waals surface area contributed by atoms with Gasteiger partial charge in [0.05, 0.1) is 11.3 Å². The maximum atomic E-state index is 12.2. The Morgan fingerprint density at radius 1 is 1.10 bits per heavy atom. The van der Waals surface area contributed by atoms with E-state index in [1.165, 1.54) is 6.07 Å². The van der Waals surface area contributed by atoms with E-state index in [0.29, 0.717) is 20.2 Å². The van der Waals surface area contributed by atoms with E-state index in [9.17, 15) is 9.59 Å². The van der Waals surface area contributed by atoms with Crippen LogP contribution in [-0.2, 0) is 0 Å². The summed E-state index contributed by atoms with van der Waals surface area (Å²) in [6.45, 7) is 0. The molecule has 2 aromatic carbocycles. The van der Waals surface area contributed by atoms with Crippen LogP contribution in [0.25, 0.3) is 0 Å². The van der Waals surface area contributed by atoms with Gasteiger partial charge in [0.25, 0.3) is 5.91 Å². The van der Waals surface area contributed by atoms with E-state index in [2.05, 4.69) is 37.2 Å². The van der Waals surface area contributed by atoms with Gasteiger partial charge in [-0.05, 0) is 62.2 Å². The zero-order valence-electron chi connectivity index (χ0n) is 10.6. The molecule has 0 fully saturated rings. The third-order valence-electron chi connectivity index (χ3n) is 2.75. The van der Waals surface area contributed by atoms with Crippen molar-refractivity contribution in [3.05, 3.63) is 56.5 Å². The number of anilines is 2. The molecule has 0 bridgehead atoms. The van der Waals surface area contributed by atoms with Crippen LogP contribution in [0.3, 0.4) is 0 Å². The van der Waals surface area contributed by atoms with Crippen molar-refractivity contribution in [3.63, 3.8) is 0 Å². The van der Waals surface area contributed by atoms with Crippen LogP contribution >= 0.6 is 31.9 Å². The zero-order valence-corrected chi connectivity index (χ0v) is 13.7. The van der Waals surface area contributed by atoms with Crippen molar-refractivity contribution in [2.45, 2.75) is 0 Å². The molecule has 0 saturated carbocycles. The fourth-order valence-corrected chi connectivity index (χ4v) is 2.53. The number of nitrogens with two attached hydrogens (primary N) is 1. The van der Waals surface area contributed by atoms with E-state index < -0.39 is 11.9 Å². The highest BCUT2D eigenvalue weighted by Gasteiger charge is 2.16. The van der Waals surface area contributed by atoms with Crippen LogP contribution in [0, 0.1) is 0 Å². The molecule has 0 aliphatic heterocycles. The van der Waals surface area contributed by atoms with Gasteiger partial charge >= 0.3 is 5.97 Å². The number of hydrogen-bond acceptors (Lipinski definition) is 3. The Kier molecular flexibility index (Phi) is 4.64. The molecule has 0 spiro atoms. The van der Waals surface area contributed by atoms with Crippen LogP contribution in [0.4, 0.5) is 11.4 Å². The lowest BCUT2D eigenvalue weighted by molar-refractivity contribution is 0.0698. The molecular weight excluding hydrogens is 404 g/mol. The number of benzene rings is 2. The lowest BCUT2D eigenvalue weighted by Gasteiger charge is -2.11. The molecular formula is C14H10Br2N2O3. The summed E-state index contributed by atoms with van der Waals surface area (Å²) >= 11 is 6.48. The molecule has 21 heavy (non-hydrogen) atoms. The van der Waals surface area contributed by atoms with Gasteiger partial charge in [0, 0.05) is 20.2 Å². The molecule has 2 rings (SSSR count). The first kappa shape index (κ1) is 15.5. The van der Waals surface area contributed by atoms with E-state index in [1.54, 1.807) is 30.3 Å². The molecule has 0 aliphatic carbocycles. The van der Waals surface area contributed by atoms with Gasteiger partial charge < -0.3 is 16.2 Å². The molecule has 108 valence electrons. The Bertz CT molecular complexity index is 732. The van der Waals surface area contributed by atoms with E-state index in [4.69, 9.17) is 10.8 Å². The molecule has 4 N–H and O–H groups in total. The number of hydrogen-bond donors (Lipinski definition) is 3. The minimum Gasteiger partial charge on any atom is -0.478 e. The molecule has 5 nitrogen and oxygen atoms in total. The number of carbonyl (C=O) groups is 2. The second-order valence-corrected chi connectivity index (χ2v) is 5.87. The third kappa shape index (κ3) is 3.43. The van der Waals surface area contributed by atoms with Crippen LogP contribution in [-0.4, -0.2) is 17.0 Å². The average molecular weight is 414 g/mol. The van der Waals surface area contributed by atoms with Crippen molar-refractivity contribution in [1.29, 1.82) is 0 Å². The maximum absolute atomic E-state index is 12.2. The van der Waals surface area contributed by atoms with Crippen LogP contribution in [0.15, 0.2) is 45.3 Å². The average Bonchev–Trinajstić information content (AvgIpc) is 2.43. The summed E-state index contributed by atoms with van der Waals surface area (Å²) in [6.07, 6.45) is 0. The fraction of sp³-hybridized carbons (Fsp3) is 0. The number of amides is 1. The minimum atomic E-state index is -1.12. The number of carboxylic acids is 1. The first-order valence-corrected chi connectivity index (χ1v) is 7.37. The molecule has 0 aromatic heterocycles. The molecule has 0 radical (unpaired) electrons. The van der Waals surface area contributed by atoms with Gasteiger partial charge in [-0.2, -0.15) is 0 Å². The number of nitrogen functional groups attached to an aromatic ring is 1. The lowest BCUT2D eigenvalue weighted by Crippen LogP contribution is -2.15. The van der Waals surface area contributed by atoms with Crippen molar-refractivity contribution >= 4 is 55.1 Å². The van der Waals surface area contributed by atoms with E-state index >= 15 is 0 Å². The molecule has 0 saturated heterocycles. The number of para-hydroxylation sites is 1. The standard InChI is InChI=1S/C14H10Br2N2O3/c15-9-3-1-2-8(14(20)21)12(9)18-13(19)7-4-5-11(17)10(16)6-7/h1-6H,17H2,(H,18,19)(H,20,21). The molecule has 1 amide bonds. The van der Waals surface area contributed by atoms with Crippen molar-refractivity contribution in [3.8, 4) is 0 Å². The SMILES string of the molecule is Nc1ccc(C(=O)Nc2c(Br)cccc2C(=O)O)cc1Br. The van der Waals surface area contributed by atoms with Crippen molar-refractivity contribution in [2.24, 2.45) is 0 Å². The van der Waals surface area contributed by atoms with Crippen LogP contribution in [0.2, 0.25) is 0 Å². The maximum Gasteiger partial charge on any atom is 0.337 e. The molecule has 0 heterocycles. The Morgan fingerprint density at radius 2 is 1.81 bits per heavy atom. The molecule has 0 unspecified atom stereocenters. The number of aromatic carboxylic acids is 1. The first-order valence-electron chi connectivity index (χ1n) is 5.78. The van der Waals surface area contributed by atoms with Gasteiger partial charge in [0.2, 0.25) is 0 Å². The van der Waals surface area contributed by atoms with Gasteiger partial charge in [-0.15, -0.1) is 0 Å². The second kappa shape index (κ2) is 6.28. The number of nitrogens with one attached hydrogen (secondary N) is 1. The Balaban J connectivity index is 2.36. The topological polar surface area (TPSA) is 92.4 Å². The second-order valence-electron chi connectivity index (χ2n) is 4.16. The molecule has 7 heteroatoms. The Labute approximate surface area is 137 Å². The van der Waals surface area contributed by atoms with E-state index in [-0.39, 0.29) is 11.3 Å². The predicted molar refractivity (Wildman–Crippen MR) is 87.6 cm³/mol. The third-order valence-corrected chi connectivity index (χ3v) is 4.09. The Morgan fingerprint density at radius 3 is 2.43 bits per heavy atom. The van der Waals surface area contributed by atoms with Gasteiger partial charge in [-0.3, -0.25) is 4.79 Å². The molecule has 2 aromatic rings. The largest absolute Gasteiger partial charge is 0.478 e. The fourth-order valence-electron chi connectivity index (χ4n) is 1.68. The van der Waals surface area contributed by atoms with E-state index in [0.717, 1.165) is 0 Å². The smallest absolute Gasteiger partial charge is 0.337 e. The highest BCUT2D eigenvalue weighted by molar-refractivity contribution is 9.11. The summed E-state index contributed by atoms with van der Waals surface area (Å²) in [7, 11) is 0. The molecule has 0 aliphatic rings. The first-order chi connectivity index (χ1) is 9.90. The summed E-state index contributed by atoms with van der Waals surface area (Å²) in [5.41, 5.74) is 6.76. The van der Waals surface area contributed by atoms with Gasteiger partial charge in [-0.25, -0.2) is 4.79 Å². The van der Waals surface area contributed by atoms with Crippen molar-refractivity contribution in [1.82, 2.24) is 0 Å². The molecule has 0 atom stereocenters. The number of carboxylic acid groups (broad SMARTS) is 1. The summed E-state index contributed by atoms with van der Waals surface area (Å²) in [5, 5.41) is 11.8. The Hall–Kier alpha value is -1.86. The highest BCUT2D eigenvalue weighted by atomic mass is 79.9. The van der Waals surface area contributed by atoms with E-state index in [1.807, 2.05) is 0 Å². The van der Waals surface area contributed by atoms with Crippen molar-refractivity contribution < 1.29 is 14.7 Å². The van der Waals surface area contributed by atoms with Gasteiger partial charge in [0.1, 0.15) is 0 Å². The van der Waals surface area contributed by atoms with Crippen LogP contribution in [0.1, 0.15) is 20.7 Å². The zero-order chi connectivity index (χ0) is 15.6. The number of rotatable bonds is 3. The number of carbonyl (C=O) groups excluding carboxylic acids is 1.